The van der Waals surface area contributed by atoms with Gasteiger partial charge in [-0.1, -0.05) is 19.9 Å². The van der Waals surface area contributed by atoms with Crippen LogP contribution < -0.4 is 10.6 Å². The highest BCUT2D eigenvalue weighted by molar-refractivity contribution is 5.99. The molecule has 10 heteroatoms. The molecule has 2 unspecified atom stereocenters. The van der Waals surface area contributed by atoms with Crippen LogP contribution in [0.5, 0.6) is 0 Å². The van der Waals surface area contributed by atoms with Crippen LogP contribution in [0.2, 0.25) is 0 Å². The average molecular weight is 513 g/mol. The van der Waals surface area contributed by atoms with E-state index in [0.717, 1.165) is 44.1 Å². The Bertz CT molecular complexity index is 946. The Hall–Kier alpha value is -3.27. The molecule has 3 N–H and O–H groups in total. The molecule has 2 atom stereocenters. The maximum absolute atomic E-state index is 12.0. The van der Waals surface area contributed by atoms with E-state index in [1.54, 1.807) is 32.6 Å². The van der Waals surface area contributed by atoms with E-state index in [2.05, 4.69) is 42.3 Å². The molecule has 0 radical (unpaired) electrons. The molecule has 0 saturated carbocycles. The van der Waals surface area contributed by atoms with Crippen LogP contribution in [0, 0.1) is 17.2 Å². The van der Waals surface area contributed by atoms with Gasteiger partial charge in [-0.15, -0.1) is 0 Å². The van der Waals surface area contributed by atoms with Crippen molar-refractivity contribution in [2.24, 2.45) is 21.8 Å². The van der Waals surface area contributed by atoms with Gasteiger partial charge in [0, 0.05) is 65.1 Å². The molecule has 1 aliphatic heterocycles. The zero-order valence-electron chi connectivity index (χ0n) is 23.0. The molecule has 1 aliphatic rings. The van der Waals surface area contributed by atoms with Crippen LogP contribution in [0.4, 0.5) is 0 Å². The number of rotatable bonds is 15. The number of aliphatic imine (C=N–C) groups is 2. The van der Waals surface area contributed by atoms with E-state index in [1.165, 1.54) is 19.2 Å². The largest absolute Gasteiger partial charge is 0.445 e. The zero-order valence-corrected chi connectivity index (χ0v) is 23.0. The third kappa shape index (κ3) is 10.7. The summed E-state index contributed by atoms with van der Waals surface area (Å²) in [5.41, 5.74) is 1.36. The van der Waals surface area contributed by atoms with Crippen molar-refractivity contribution in [2.75, 3.05) is 53.9 Å². The summed E-state index contributed by atoms with van der Waals surface area (Å²) in [5.74, 6) is 1.13. The van der Waals surface area contributed by atoms with Gasteiger partial charge in [-0.25, -0.2) is 9.98 Å². The minimum absolute atomic E-state index is 0.0144. The Kier molecular flexibility index (Phi) is 13.3. The second kappa shape index (κ2) is 16.5. The number of aromatic nitrogens is 1. The van der Waals surface area contributed by atoms with Crippen molar-refractivity contribution in [2.45, 2.75) is 39.5 Å². The van der Waals surface area contributed by atoms with Crippen molar-refractivity contribution in [1.82, 2.24) is 25.4 Å². The van der Waals surface area contributed by atoms with Gasteiger partial charge < -0.3 is 30.3 Å². The lowest BCUT2D eigenvalue weighted by Gasteiger charge is -2.25. The molecule has 37 heavy (non-hydrogen) atoms. The van der Waals surface area contributed by atoms with E-state index in [-0.39, 0.29) is 17.7 Å². The molecule has 0 aliphatic carbocycles. The van der Waals surface area contributed by atoms with E-state index in [1.807, 2.05) is 26.1 Å². The monoisotopic (exact) mass is 512 g/mol. The smallest absolute Gasteiger partial charge is 0.223 e. The summed E-state index contributed by atoms with van der Waals surface area (Å²) in [6, 6.07) is 0. The summed E-state index contributed by atoms with van der Waals surface area (Å²) in [4.78, 5) is 29.1. The predicted molar refractivity (Wildman–Crippen MR) is 151 cm³/mol. The Morgan fingerprint density at radius 2 is 2.08 bits per heavy atom. The van der Waals surface area contributed by atoms with E-state index in [0.29, 0.717) is 24.6 Å². The molecule has 1 aromatic heterocycles. The second-order valence-corrected chi connectivity index (χ2v) is 9.45. The van der Waals surface area contributed by atoms with Crippen LogP contribution >= 0.6 is 0 Å². The Balaban J connectivity index is 2.01. The highest BCUT2D eigenvalue weighted by Crippen LogP contribution is 2.14. The molecule has 2 rings (SSSR count). The maximum Gasteiger partial charge on any atom is 0.223 e. The van der Waals surface area contributed by atoms with E-state index in [9.17, 15) is 4.79 Å². The summed E-state index contributed by atoms with van der Waals surface area (Å²) < 4.78 is 5.28. The van der Waals surface area contributed by atoms with Crippen LogP contribution in [0.3, 0.4) is 0 Å². The average Bonchev–Trinajstić information content (AvgIpc) is 3.62. The lowest BCUT2D eigenvalue weighted by Crippen LogP contribution is -2.35. The topological polar surface area (TPSA) is 122 Å². The minimum Gasteiger partial charge on any atom is -0.445 e. The van der Waals surface area contributed by atoms with Gasteiger partial charge in [-0.05, 0) is 38.4 Å². The standard InChI is InChI=1S/C27H44N8O2/c1-21(11-16-34(5)24(33-20-29-3)19-22(2)27(36)30-4)26(28)23(9-8-10-25-32-13-18-37-25)31-12-17-35-14-6-7-15-35/h8-10,13,18,20-22,28,31H,6-7,11-12,14-17,19H2,1-5H3,(H,30,36)/b10-8+,23-9+,28-26?,29-20-,33-24+. The van der Waals surface area contributed by atoms with Crippen molar-refractivity contribution < 1.29 is 9.21 Å². The maximum atomic E-state index is 12.0. The molecule has 1 aromatic rings. The summed E-state index contributed by atoms with van der Waals surface area (Å²) in [5, 5.41) is 15.1. The number of amidine groups is 1. The number of nitrogens with zero attached hydrogens (tertiary/aromatic N) is 5. The molecule has 0 bridgehead atoms. The first-order valence-electron chi connectivity index (χ1n) is 13.1. The zero-order chi connectivity index (χ0) is 27.0. The predicted octanol–water partition coefficient (Wildman–Crippen LogP) is 3.06. The van der Waals surface area contributed by atoms with Gasteiger partial charge in [0.15, 0.2) is 0 Å². The van der Waals surface area contributed by atoms with Crippen molar-refractivity contribution in [1.29, 1.82) is 5.41 Å². The van der Waals surface area contributed by atoms with Gasteiger partial charge in [0.25, 0.3) is 0 Å². The summed E-state index contributed by atoms with van der Waals surface area (Å²) in [7, 11) is 5.29. The van der Waals surface area contributed by atoms with Crippen LogP contribution in [0.25, 0.3) is 6.08 Å². The number of allylic oxidation sites excluding steroid dienone is 3. The number of carbonyl (C=O) groups is 1. The van der Waals surface area contributed by atoms with Gasteiger partial charge in [0.05, 0.1) is 17.6 Å². The van der Waals surface area contributed by atoms with Gasteiger partial charge in [-0.3, -0.25) is 9.79 Å². The fourth-order valence-corrected chi connectivity index (χ4v) is 4.11. The number of hydrogen-bond donors (Lipinski definition) is 3. The third-order valence-corrected chi connectivity index (χ3v) is 6.52. The lowest BCUT2D eigenvalue weighted by atomic mass is 9.98. The van der Waals surface area contributed by atoms with Crippen molar-refractivity contribution in [3.8, 4) is 0 Å². The van der Waals surface area contributed by atoms with Crippen molar-refractivity contribution in [3.05, 3.63) is 36.2 Å². The molecule has 2 heterocycles. The van der Waals surface area contributed by atoms with E-state index >= 15 is 0 Å². The SMILES string of the molecule is C/N=C\N=C(/CC(C)C(=O)NC)N(C)CCC(C)C(=N)/C(=C\C=C\c1ncco1)NCCN1CCCC1. The Morgan fingerprint density at radius 1 is 1.32 bits per heavy atom. The number of hydrogen-bond acceptors (Lipinski definition) is 7. The first kappa shape index (κ1) is 30.0. The van der Waals surface area contributed by atoms with Gasteiger partial charge in [0.1, 0.15) is 18.4 Å². The molecular formula is C27H44N8O2. The lowest BCUT2D eigenvalue weighted by molar-refractivity contribution is -0.123. The number of amides is 1. The van der Waals surface area contributed by atoms with E-state index < -0.39 is 0 Å². The number of carbonyl (C=O) groups excluding carboxylic acids is 1. The summed E-state index contributed by atoms with van der Waals surface area (Å²) in [6.07, 6.45) is 14.1. The molecule has 1 saturated heterocycles. The highest BCUT2D eigenvalue weighted by Gasteiger charge is 2.19. The van der Waals surface area contributed by atoms with Crippen LogP contribution in [-0.4, -0.2) is 92.4 Å². The normalized spacial score (nSPS) is 16.9. The third-order valence-electron chi connectivity index (χ3n) is 6.52. The van der Waals surface area contributed by atoms with Crippen LogP contribution in [0.15, 0.2) is 44.7 Å². The fraction of sp³-hybridized carbons (Fsp3) is 0.593. The number of nitrogens with one attached hydrogen (secondary N) is 3. The fourth-order valence-electron chi connectivity index (χ4n) is 4.11. The summed E-state index contributed by atoms with van der Waals surface area (Å²) >= 11 is 0. The van der Waals surface area contributed by atoms with Gasteiger partial charge in [0.2, 0.25) is 11.8 Å². The van der Waals surface area contributed by atoms with Crippen LogP contribution in [0.1, 0.15) is 45.4 Å². The summed E-state index contributed by atoms with van der Waals surface area (Å²) in [6.45, 7) is 8.72. The first-order valence-corrected chi connectivity index (χ1v) is 13.1. The molecule has 0 aromatic carbocycles. The quantitative estimate of drug-likeness (QED) is 0.189. The van der Waals surface area contributed by atoms with Gasteiger partial charge in [-0.2, -0.15) is 0 Å². The van der Waals surface area contributed by atoms with E-state index in [4.69, 9.17) is 9.83 Å². The van der Waals surface area contributed by atoms with Crippen molar-refractivity contribution in [3.63, 3.8) is 0 Å². The number of oxazole rings is 1. The molecule has 1 fully saturated rings. The molecule has 10 nitrogen and oxygen atoms in total. The van der Waals surface area contributed by atoms with Gasteiger partial charge >= 0.3 is 0 Å². The minimum atomic E-state index is -0.197. The van der Waals surface area contributed by atoms with Crippen molar-refractivity contribution >= 4 is 29.9 Å². The molecule has 0 spiro atoms. The number of likely N-dealkylation sites (tertiary alicyclic amines) is 1. The first-order chi connectivity index (χ1) is 17.8. The Labute approximate surface area is 221 Å². The molecule has 204 valence electrons. The Morgan fingerprint density at radius 3 is 2.73 bits per heavy atom. The molecule has 1 amide bonds. The molecular weight excluding hydrogens is 468 g/mol. The van der Waals surface area contributed by atoms with Crippen LogP contribution in [-0.2, 0) is 4.79 Å². The highest BCUT2D eigenvalue weighted by atomic mass is 16.3. The second-order valence-electron chi connectivity index (χ2n) is 9.45.